The Balaban J connectivity index is 1.60. The Hall–Kier alpha value is -2.35. The lowest BCUT2D eigenvalue weighted by atomic mass is 10.2. The van der Waals surface area contributed by atoms with E-state index in [0.29, 0.717) is 6.54 Å². The van der Waals surface area contributed by atoms with Crippen LogP contribution in [0.5, 0.6) is 0 Å². The van der Waals surface area contributed by atoms with E-state index in [9.17, 15) is 4.79 Å². The molecule has 0 spiro atoms. The summed E-state index contributed by atoms with van der Waals surface area (Å²) in [5, 5.41) is 12.0. The molecule has 0 radical (unpaired) electrons. The van der Waals surface area contributed by atoms with Crippen molar-refractivity contribution >= 4 is 6.03 Å². The number of fused-ring (bicyclic) bond motifs is 1. The number of hydrogen-bond donors (Lipinski definition) is 1. The molecule has 2 aromatic rings. The predicted octanol–water partition coefficient (Wildman–Crippen LogP) is 1.59. The fourth-order valence-corrected chi connectivity index (χ4v) is 3.24. The van der Waals surface area contributed by atoms with Crippen LogP contribution in [0.15, 0.2) is 12.3 Å². The van der Waals surface area contributed by atoms with Crippen molar-refractivity contribution in [3.05, 3.63) is 34.9 Å². The van der Waals surface area contributed by atoms with Gasteiger partial charge in [0, 0.05) is 51.5 Å². The van der Waals surface area contributed by atoms with Crippen molar-refractivity contribution in [3.8, 4) is 0 Å². The van der Waals surface area contributed by atoms with Crippen LogP contribution in [-0.4, -0.2) is 56.0 Å². The van der Waals surface area contributed by atoms with Crippen molar-refractivity contribution in [3.63, 3.8) is 0 Å². The van der Waals surface area contributed by atoms with Gasteiger partial charge in [0.1, 0.15) is 0 Å². The summed E-state index contributed by atoms with van der Waals surface area (Å²) >= 11 is 0. The molecule has 8 nitrogen and oxygen atoms in total. The Morgan fingerprint density at radius 3 is 2.88 bits per heavy atom. The SMILES string of the molecule is CCCn1ncc(CN2CCn3nc(CNC(=O)N(C)C)cc3C2)c1C. The molecule has 8 heteroatoms. The summed E-state index contributed by atoms with van der Waals surface area (Å²) < 4.78 is 4.15. The highest BCUT2D eigenvalue weighted by atomic mass is 16.2. The standard InChI is InChI=1S/C18H29N7O/c1-5-6-24-14(2)15(10-20-24)12-23-7-8-25-17(13-23)9-16(21-25)11-19-18(26)22(3)4/h9-10H,5-8,11-13H2,1-4H3,(H,19,26). The fourth-order valence-electron chi connectivity index (χ4n) is 3.24. The molecular formula is C18H29N7O. The maximum absolute atomic E-state index is 11.7. The van der Waals surface area contributed by atoms with Crippen molar-refractivity contribution in [2.24, 2.45) is 0 Å². The molecule has 1 aliphatic heterocycles. The highest BCUT2D eigenvalue weighted by Crippen LogP contribution is 2.18. The smallest absolute Gasteiger partial charge is 0.317 e. The third-order valence-electron chi connectivity index (χ3n) is 4.79. The van der Waals surface area contributed by atoms with Gasteiger partial charge in [-0.15, -0.1) is 0 Å². The van der Waals surface area contributed by atoms with E-state index in [-0.39, 0.29) is 6.03 Å². The molecule has 0 saturated carbocycles. The van der Waals surface area contributed by atoms with Gasteiger partial charge in [-0.1, -0.05) is 6.92 Å². The van der Waals surface area contributed by atoms with E-state index < -0.39 is 0 Å². The zero-order valence-corrected chi connectivity index (χ0v) is 16.2. The predicted molar refractivity (Wildman–Crippen MR) is 99.5 cm³/mol. The third kappa shape index (κ3) is 4.07. The number of nitrogens with zero attached hydrogens (tertiary/aromatic N) is 6. The topological polar surface area (TPSA) is 71.2 Å². The van der Waals surface area contributed by atoms with Gasteiger partial charge in [0.25, 0.3) is 0 Å². The largest absolute Gasteiger partial charge is 0.332 e. The lowest BCUT2D eigenvalue weighted by Gasteiger charge is -2.27. The monoisotopic (exact) mass is 359 g/mol. The number of carbonyl (C=O) groups is 1. The molecule has 3 heterocycles. The zero-order chi connectivity index (χ0) is 18.7. The van der Waals surface area contributed by atoms with Crippen LogP contribution >= 0.6 is 0 Å². The van der Waals surface area contributed by atoms with Crippen LogP contribution in [0.25, 0.3) is 0 Å². The number of aryl methyl sites for hydroxylation is 1. The first-order valence-electron chi connectivity index (χ1n) is 9.22. The lowest BCUT2D eigenvalue weighted by Crippen LogP contribution is -2.34. The third-order valence-corrected chi connectivity index (χ3v) is 4.79. The first kappa shape index (κ1) is 18.4. The van der Waals surface area contributed by atoms with E-state index in [0.717, 1.165) is 44.8 Å². The van der Waals surface area contributed by atoms with Gasteiger partial charge in [0.2, 0.25) is 0 Å². The van der Waals surface area contributed by atoms with Crippen LogP contribution in [0.2, 0.25) is 0 Å². The van der Waals surface area contributed by atoms with Crippen LogP contribution < -0.4 is 5.32 Å². The van der Waals surface area contributed by atoms with Crippen molar-refractivity contribution in [1.82, 2.24) is 34.7 Å². The summed E-state index contributed by atoms with van der Waals surface area (Å²) in [7, 11) is 3.46. The van der Waals surface area contributed by atoms with E-state index in [2.05, 4.69) is 49.7 Å². The van der Waals surface area contributed by atoms with Crippen LogP contribution in [0.4, 0.5) is 4.79 Å². The Bertz CT molecular complexity index is 762. The lowest BCUT2D eigenvalue weighted by molar-refractivity contribution is 0.204. The molecular weight excluding hydrogens is 330 g/mol. The normalized spacial score (nSPS) is 14.3. The zero-order valence-electron chi connectivity index (χ0n) is 16.2. The highest BCUT2D eigenvalue weighted by Gasteiger charge is 2.20. The van der Waals surface area contributed by atoms with Crippen LogP contribution in [0.3, 0.4) is 0 Å². The minimum Gasteiger partial charge on any atom is -0.332 e. The molecule has 1 aliphatic rings. The number of amides is 2. The van der Waals surface area contributed by atoms with Crippen molar-refractivity contribution in [2.45, 2.75) is 53.0 Å². The van der Waals surface area contributed by atoms with Gasteiger partial charge < -0.3 is 10.2 Å². The molecule has 0 atom stereocenters. The van der Waals surface area contributed by atoms with Gasteiger partial charge in [0.15, 0.2) is 0 Å². The second-order valence-corrected chi connectivity index (χ2v) is 7.09. The Labute approximate surface area is 154 Å². The van der Waals surface area contributed by atoms with Crippen LogP contribution in [0, 0.1) is 6.92 Å². The number of urea groups is 1. The molecule has 2 aromatic heterocycles. The summed E-state index contributed by atoms with van der Waals surface area (Å²) in [6.45, 7) is 9.37. The molecule has 0 aromatic carbocycles. The minimum atomic E-state index is -0.0998. The quantitative estimate of drug-likeness (QED) is 0.850. The molecule has 142 valence electrons. The molecule has 0 unspecified atom stereocenters. The maximum atomic E-state index is 11.7. The molecule has 3 rings (SSSR count). The number of aromatic nitrogens is 4. The molecule has 0 fully saturated rings. The van der Waals surface area contributed by atoms with Gasteiger partial charge in [0.05, 0.1) is 30.7 Å². The maximum Gasteiger partial charge on any atom is 0.317 e. The second-order valence-electron chi connectivity index (χ2n) is 7.09. The van der Waals surface area contributed by atoms with Crippen molar-refractivity contribution in [1.29, 1.82) is 0 Å². The van der Waals surface area contributed by atoms with E-state index in [1.807, 2.05) is 6.20 Å². The number of hydrogen-bond acceptors (Lipinski definition) is 4. The first-order valence-corrected chi connectivity index (χ1v) is 9.22. The number of nitrogens with one attached hydrogen (secondary N) is 1. The van der Waals surface area contributed by atoms with Gasteiger partial charge in [-0.05, 0) is 19.4 Å². The summed E-state index contributed by atoms with van der Waals surface area (Å²) in [4.78, 5) is 15.6. The second kappa shape index (κ2) is 7.90. The van der Waals surface area contributed by atoms with Crippen molar-refractivity contribution in [2.75, 3.05) is 20.6 Å². The molecule has 0 saturated heterocycles. The highest BCUT2D eigenvalue weighted by molar-refractivity contribution is 5.73. The Morgan fingerprint density at radius 1 is 1.35 bits per heavy atom. The molecule has 2 amide bonds. The summed E-state index contributed by atoms with van der Waals surface area (Å²) in [6, 6.07) is 1.99. The Kier molecular flexibility index (Phi) is 5.61. The first-order chi connectivity index (χ1) is 12.5. The van der Waals surface area contributed by atoms with Crippen LogP contribution in [0.1, 0.15) is 36.0 Å². The average Bonchev–Trinajstić information content (AvgIpc) is 3.17. The van der Waals surface area contributed by atoms with E-state index in [1.165, 1.54) is 21.9 Å². The van der Waals surface area contributed by atoms with Gasteiger partial charge >= 0.3 is 6.03 Å². The van der Waals surface area contributed by atoms with E-state index >= 15 is 0 Å². The summed E-state index contributed by atoms with van der Waals surface area (Å²) in [5.74, 6) is 0. The summed E-state index contributed by atoms with van der Waals surface area (Å²) in [6.07, 6.45) is 3.09. The van der Waals surface area contributed by atoms with Gasteiger partial charge in [-0.3, -0.25) is 14.3 Å². The molecule has 26 heavy (non-hydrogen) atoms. The molecule has 0 bridgehead atoms. The minimum absolute atomic E-state index is 0.0998. The molecule has 1 N–H and O–H groups in total. The van der Waals surface area contributed by atoms with E-state index in [1.54, 1.807) is 14.1 Å². The van der Waals surface area contributed by atoms with Gasteiger partial charge in [-0.25, -0.2) is 4.79 Å². The summed E-state index contributed by atoms with van der Waals surface area (Å²) in [5.41, 5.74) is 4.66. The average molecular weight is 359 g/mol. The number of carbonyl (C=O) groups excluding carboxylic acids is 1. The molecule has 0 aliphatic carbocycles. The van der Waals surface area contributed by atoms with Gasteiger partial charge in [-0.2, -0.15) is 10.2 Å². The van der Waals surface area contributed by atoms with Crippen molar-refractivity contribution < 1.29 is 4.79 Å². The van der Waals surface area contributed by atoms with E-state index in [4.69, 9.17) is 0 Å². The number of rotatable bonds is 6. The Morgan fingerprint density at radius 2 is 2.15 bits per heavy atom. The fraction of sp³-hybridized carbons (Fsp3) is 0.611. The van der Waals surface area contributed by atoms with Crippen LogP contribution in [-0.2, 0) is 32.7 Å².